The number of hydrogen-bond donors (Lipinski definition) is 0. The lowest BCUT2D eigenvalue weighted by Crippen LogP contribution is -2.42. The van der Waals surface area contributed by atoms with Crippen molar-refractivity contribution in [3.05, 3.63) is 82.3 Å². The Bertz CT molecular complexity index is 1110. The smallest absolute Gasteiger partial charge is 0.416 e. The van der Waals surface area contributed by atoms with Crippen LogP contribution >= 0.6 is 0 Å². The second-order valence-corrected chi connectivity index (χ2v) is 7.72. The highest BCUT2D eigenvalue weighted by Gasteiger charge is 2.31. The van der Waals surface area contributed by atoms with Crippen molar-refractivity contribution >= 4 is 5.91 Å². The summed E-state index contributed by atoms with van der Waals surface area (Å²) >= 11 is 0. The predicted molar refractivity (Wildman–Crippen MR) is 109 cm³/mol. The highest BCUT2D eigenvalue weighted by Crippen LogP contribution is 2.30. The molecule has 1 aliphatic rings. The maximum absolute atomic E-state index is 12.9. The van der Waals surface area contributed by atoms with E-state index in [0.29, 0.717) is 49.0 Å². The largest absolute Gasteiger partial charge is 0.436 e. The van der Waals surface area contributed by atoms with E-state index < -0.39 is 17.8 Å². The third-order valence-electron chi connectivity index (χ3n) is 5.29. The number of halogens is 3. The quantitative estimate of drug-likeness (QED) is 0.591. The van der Waals surface area contributed by atoms with Crippen LogP contribution in [0.15, 0.2) is 47.0 Å². The molecule has 6 nitrogen and oxygen atoms in total. The number of carbonyl (C=O) groups excluding carboxylic acids is 1. The fourth-order valence-corrected chi connectivity index (χ4v) is 3.71. The van der Waals surface area contributed by atoms with Crippen LogP contribution in [0.5, 0.6) is 0 Å². The monoisotopic (exact) mass is 445 g/mol. The van der Waals surface area contributed by atoms with Crippen molar-refractivity contribution in [2.45, 2.75) is 32.5 Å². The molecule has 0 N–H and O–H groups in total. The summed E-state index contributed by atoms with van der Waals surface area (Å²) in [4.78, 5) is 23.0. The average Bonchev–Trinajstić information content (AvgIpc) is 3.11. The van der Waals surface area contributed by atoms with Crippen LogP contribution in [0, 0.1) is 13.8 Å². The van der Waals surface area contributed by atoms with Crippen LogP contribution in [0.25, 0.3) is 0 Å². The number of hydrogen-bond acceptors (Lipinski definition) is 5. The number of benzene rings is 1. The van der Waals surface area contributed by atoms with Crippen molar-refractivity contribution in [2.24, 2.45) is 0 Å². The summed E-state index contributed by atoms with van der Waals surface area (Å²) in [5.41, 5.74) is 1.87. The molecule has 3 heterocycles. The van der Waals surface area contributed by atoms with E-state index in [-0.39, 0.29) is 11.7 Å². The SMILES string of the molecule is Cc1nc(C)c(C(=O)N2CCO[C@H](c3ccc(Cc4cccc(C(F)(F)F)c4)cn3)C2)o1. The van der Waals surface area contributed by atoms with E-state index in [1.54, 1.807) is 37.1 Å². The topological polar surface area (TPSA) is 68.5 Å². The number of ether oxygens (including phenoxy) is 1. The Hall–Kier alpha value is -3.20. The van der Waals surface area contributed by atoms with Crippen molar-refractivity contribution in [1.82, 2.24) is 14.9 Å². The summed E-state index contributed by atoms with van der Waals surface area (Å²) in [6, 6.07) is 8.86. The van der Waals surface area contributed by atoms with Gasteiger partial charge in [0.1, 0.15) is 6.10 Å². The first-order valence-electron chi connectivity index (χ1n) is 10.2. The van der Waals surface area contributed by atoms with Gasteiger partial charge in [-0.1, -0.05) is 24.3 Å². The maximum Gasteiger partial charge on any atom is 0.416 e. The molecule has 2 aromatic heterocycles. The van der Waals surface area contributed by atoms with E-state index >= 15 is 0 Å². The highest BCUT2D eigenvalue weighted by atomic mass is 19.4. The molecule has 9 heteroatoms. The molecule has 0 radical (unpaired) electrons. The standard InChI is InChI=1S/C23H22F3N3O3/c1-14-21(32-15(2)28-14)22(30)29-8-9-31-20(13-29)19-7-6-17(12-27-19)10-16-4-3-5-18(11-16)23(24,25)26/h3-7,11-12,20H,8-10,13H2,1-2H3/t20-/m0/s1. The Morgan fingerprint density at radius 3 is 2.66 bits per heavy atom. The number of aryl methyl sites for hydroxylation is 2. The van der Waals surface area contributed by atoms with Gasteiger partial charge in [-0.15, -0.1) is 0 Å². The van der Waals surface area contributed by atoms with Gasteiger partial charge in [0.15, 0.2) is 5.89 Å². The molecule has 1 aliphatic heterocycles. The molecule has 1 amide bonds. The number of alkyl halides is 3. The van der Waals surface area contributed by atoms with Gasteiger partial charge in [0.05, 0.1) is 30.1 Å². The minimum Gasteiger partial charge on any atom is -0.436 e. The third-order valence-corrected chi connectivity index (χ3v) is 5.29. The molecular weight excluding hydrogens is 423 g/mol. The minimum atomic E-state index is -4.37. The zero-order valence-corrected chi connectivity index (χ0v) is 17.6. The molecule has 0 unspecified atom stereocenters. The zero-order valence-electron chi connectivity index (χ0n) is 17.6. The Morgan fingerprint density at radius 1 is 1.19 bits per heavy atom. The number of nitrogens with zero attached hydrogens (tertiary/aromatic N) is 3. The third kappa shape index (κ3) is 4.83. The normalized spacial score (nSPS) is 16.9. The predicted octanol–water partition coefficient (Wildman–Crippen LogP) is 4.51. The van der Waals surface area contributed by atoms with Crippen LogP contribution in [0.2, 0.25) is 0 Å². The molecule has 32 heavy (non-hydrogen) atoms. The van der Waals surface area contributed by atoms with E-state index in [4.69, 9.17) is 9.15 Å². The van der Waals surface area contributed by atoms with Gasteiger partial charge in [0.25, 0.3) is 5.91 Å². The molecule has 0 bridgehead atoms. The fourth-order valence-electron chi connectivity index (χ4n) is 3.71. The number of pyridine rings is 1. The van der Waals surface area contributed by atoms with E-state index in [2.05, 4.69) is 9.97 Å². The van der Waals surface area contributed by atoms with Crippen LogP contribution in [0.4, 0.5) is 13.2 Å². The highest BCUT2D eigenvalue weighted by molar-refractivity contribution is 5.92. The van der Waals surface area contributed by atoms with Crippen LogP contribution in [-0.2, 0) is 17.3 Å². The Kier molecular flexibility index (Phi) is 6.01. The molecule has 0 spiro atoms. The molecule has 168 valence electrons. The molecule has 0 aliphatic carbocycles. The van der Waals surface area contributed by atoms with Gasteiger partial charge in [0, 0.05) is 19.7 Å². The van der Waals surface area contributed by atoms with Gasteiger partial charge in [-0.3, -0.25) is 9.78 Å². The molecule has 1 aromatic carbocycles. The lowest BCUT2D eigenvalue weighted by molar-refractivity contribution is -0.137. The van der Waals surface area contributed by atoms with Gasteiger partial charge in [0.2, 0.25) is 5.76 Å². The van der Waals surface area contributed by atoms with Crippen LogP contribution in [0.1, 0.15) is 50.6 Å². The average molecular weight is 445 g/mol. The number of rotatable bonds is 4. The minimum absolute atomic E-state index is 0.229. The summed E-state index contributed by atoms with van der Waals surface area (Å²) in [7, 11) is 0. The number of oxazole rings is 1. The van der Waals surface area contributed by atoms with Gasteiger partial charge < -0.3 is 14.1 Å². The van der Waals surface area contributed by atoms with Crippen molar-refractivity contribution in [1.29, 1.82) is 0 Å². The molecule has 1 fully saturated rings. The van der Waals surface area contributed by atoms with E-state index in [0.717, 1.165) is 17.7 Å². The van der Waals surface area contributed by atoms with Crippen molar-refractivity contribution in [2.75, 3.05) is 19.7 Å². The van der Waals surface area contributed by atoms with E-state index in [9.17, 15) is 18.0 Å². The van der Waals surface area contributed by atoms with Gasteiger partial charge >= 0.3 is 6.18 Å². The summed E-state index contributed by atoms with van der Waals surface area (Å²) in [6.07, 6.45) is -2.82. The van der Waals surface area contributed by atoms with Gasteiger partial charge in [-0.25, -0.2) is 4.98 Å². The molecule has 3 aromatic rings. The van der Waals surface area contributed by atoms with Crippen molar-refractivity contribution in [3.63, 3.8) is 0 Å². The Morgan fingerprint density at radius 2 is 2.00 bits per heavy atom. The molecule has 4 rings (SSSR count). The lowest BCUT2D eigenvalue weighted by atomic mass is 10.0. The first-order valence-corrected chi connectivity index (χ1v) is 10.2. The zero-order chi connectivity index (χ0) is 22.9. The second-order valence-electron chi connectivity index (χ2n) is 7.72. The van der Waals surface area contributed by atoms with Gasteiger partial charge in [-0.05, 0) is 36.6 Å². The maximum atomic E-state index is 12.9. The summed E-state index contributed by atoms with van der Waals surface area (Å²) < 4.78 is 50.0. The number of carbonyl (C=O) groups is 1. The summed E-state index contributed by atoms with van der Waals surface area (Å²) in [6.45, 7) is 4.53. The molecule has 1 atom stereocenters. The Labute approximate surface area is 183 Å². The lowest BCUT2D eigenvalue weighted by Gasteiger charge is -2.32. The first-order chi connectivity index (χ1) is 15.2. The molecule has 1 saturated heterocycles. The van der Waals surface area contributed by atoms with Crippen molar-refractivity contribution in [3.8, 4) is 0 Å². The number of morpholine rings is 1. The fraction of sp³-hybridized carbons (Fsp3) is 0.348. The van der Waals surface area contributed by atoms with Crippen molar-refractivity contribution < 1.29 is 27.1 Å². The molecular formula is C23H22F3N3O3. The summed E-state index contributed by atoms with van der Waals surface area (Å²) in [5.74, 6) is 0.429. The number of aromatic nitrogens is 2. The van der Waals surface area contributed by atoms with Crippen LogP contribution < -0.4 is 0 Å². The molecule has 0 saturated carbocycles. The summed E-state index contributed by atoms with van der Waals surface area (Å²) in [5, 5.41) is 0. The van der Waals surface area contributed by atoms with Crippen LogP contribution in [-0.4, -0.2) is 40.5 Å². The van der Waals surface area contributed by atoms with Gasteiger partial charge in [-0.2, -0.15) is 13.2 Å². The number of amides is 1. The van der Waals surface area contributed by atoms with E-state index in [1.165, 1.54) is 6.07 Å². The Balaban J connectivity index is 1.44. The van der Waals surface area contributed by atoms with Crippen LogP contribution in [0.3, 0.4) is 0 Å². The van der Waals surface area contributed by atoms with E-state index in [1.807, 2.05) is 6.07 Å². The first kappa shape index (κ1) is 22.0. The second kappa shape index (κ2) is 8.74.